The highest BCUT2D eigenvalue weighted by atomic mass is 19.1. The van der Waals surface area contributed by atoms with Crippen molar-refractivity contribution in [3.8, 4) is 22.3 Å². The summed E-state index contributed by atoms with van der Waals surface area (Å²) in [5, 5.41) is 3.63. The molecule has 134 valence electrons. The van der Waals surface area contributed by atoms with Gasteiger partial charge >= 0.3 is 0 Å². The number of aromatic amines is 1. The Morgan fingerprint density at radius 3 is 2.70 bits per heavy atom. The Hall–Kier alpha value is -3.47. The number of hydrogen-bond acceptors (Lipinski definition) is 2. The molecule has 5 heteroatoms. The lowest BCUT2D eigenvalue weighted by atomic mass is 10.0. The van der Waals surface area contributed by atoms with Gasteiger partial charge in [0.25, 0.3) is 0 Å². The Kier molecular flexibility index (Phi) is 4.20. The van der Waals surface area contributed by atoms with Crippen LogP contribution in [0, 0.1) is 12.7 Å². The zero-order chi connectivity index (χ0) is 19.0. The first kappa shape index (κ1) is 17.0. The van der Waals surface area contributed by atoms with Gasteiger partial charge in [-0.3, -0.25) is 4.79 Å². The Morgan fingerprint density at radius 1 is 1.07 bits per heavy atom. The molecule has 0 atom stereocenters. The fourth-order valence-electron chi connectivity index (χ4n) is 3.22. The summed E-state index contributed by atoms with van der Waals surface area (Å²) in [6, 6.07) is 14.9. The molecule has 4 rings (SSSR count). The molecular weight excluding hydrogens is 341 g/mol. The van der Waals surface area contributed by atoms with Crippen LogP contribution in [0.4, 0.5) is 10.1 Å². The second-order valence-electron chi connectivity index (χ2n) is 6.52. The van der Waals surface area contributed by atoms with Gasteiger partial charge in [0, 0.05) is 47.1 Å². The molecule has 0 unspecified atom stereocenters. The molecule has 0 aliphatic heterocycles. The predicted molar refractivity (Wildman–Crippen MR) is 106 cm³/mol. The van der Waals surface area contributed by atoms with E-state index in [2.05, 4.69) is 15.3 Å². The van der Waals surface area contributed by atoms with Crippen molar-refractivity contribution in [2.24, 2.45) is 0 Å². The van der Waals surface area contributed by atoms with Crippen molar-refractivity contribution >= 4 is 22.6 Å². The Labute approximate surface area is 156 Å². The van der Waals surface area contributed by atoms with Crippen LogP contribution >= 0.6 is 0 Å². The van der Waals surface area contributed by atoms with E-state index in [1.165, 1.54) is 6.92 Å². The quantitative estimate of drug-likeness (QED) is 0.521. The number of fused-ring (bicyclic) bond motifs is 1. The minimum absolute atomic E-state index is 0.122. The smallest absolute Gasteiger partial charge is 0.221 e. The second kappa shape index (κ2) is 6.68. The molecule has 2 aromatic carbocycles. The third kappa shape index (κ3) is 3.19. The van der Waals surface area contributed by atoms with Crippen molar-refractivity contribution in [3.63, 3.8) is 0 Å². The molecule has 4 nitrogen and oxygen atoms in total. The number of halogens is 1. The number of nitrogens with one attached hydrogen (secondary N) is 2. The summed E-state index contributed by atoms with van der Waals surface area (Å²) in [4.78, 5) is 18.9. The van der Waals surface area contributed by atoms with E-state index in [0.717, 1.165) is 27.8 Å². The fraction of sp³-hybridized carbons (Fsp3) is 0.0909. The molecule has 0 bridgehead atoms. The number of aryl methyl sites for hydroxylation is 1. The van der Waals surface area contributed by atoms with E-state index in [0.29, 0.717) is 16.8 Å². The molecule has 0 spiro atoms. The zero-order valence-corrected chi connectivity index (χ0v) is 15.0. The Balaban J connectivity index is 1.83. The Bertz CT molecular complexity index is 1160. The number of rotatable bonds is 3. The zero-order valence-electron chi connectivity index (χ0n) is 15.0. The summed E-state index contributed by atoms with van der Waals surface area (Å²) < 4.78 is 14.6. The van der Waals surface area contributed by atoms with Gasteiger partial charge in [-0.05, 0) is 36.2 Å². The lowest BCUT2D eigenvalue weighted by Crippen LogP contribution is -2.05. The number of amides is 1. The molecule has 2 heterocycles. The second-order valence-corrected chi connectivity index (χ2v) is 6.52. The van der Waals surface area contributed by atoms with E-state index in [1.54, 1.807) is 31.5 Å². The van der Waals surface area contributed by atoms with Crippen LogP contribution in [0.2, 0.25) is 0 Å². The first-order chi connectivity index (χ1) is 13.0. The molecule has 4 aromatic rings. The summed E-state index contributed by atoms with van der Waals surface area (Å²) in [6.45, 7) is 3.23. The number of nitrogens with zero attached hydrogens (tertiary/aromatic N) is 1. The number of hydrogen-bond donors (Lipinski definition) is 2. The van der Waals surface area contributed by atoms with E-state index < -0.39 is 0 Å². The summed E-state index contributed by atoms with van der Waals surface area (Å²) in [5.41, 5.74) is 5.17. The molecular formula is C22H18FN3O. The van der Waals surface area contributed by atoms with Crippen molar-refractivity contribution in [3.05, 3.63) is 72.3 Å². The number of aromatic nitrogens is 2. The number of benzene rings is 2. The maximum atomic E-state index is 14.6. The minimum Gasteiger partial charge on any atom is -0.346 e. The maximum absolute atomic E-state index is 14.6. The Morgan fingerprint density at radius 2 is 1.89 bits per heavy atom. The molecule has 0 aliphatic rings. The summed E-state index contributed by atoms with van der Waals surface area (Å²) in [5.74, 6) is -0.347. The van der Waals surface area contributed by atoms with Gasteiger partial charge in [-0.1, -0.05) is 30.3 Å². The van der Waals surface area contributed by atoms with Crippen molar-refractivity contribution < 1.29 is 9.18 Å². The fourth-order valence-corrected chi connectivity index (χ4v) is 3.22. The van der Waals surface area contributed by atoms with Gasteiger partial charge in [0.1, 0.15) is 11.5 Å². The lowest BCUT2D eigenvalue weighted by molar-refractivity contribution is -0.114. The van der Waals surface area contributed by atoms with Crippen LogP contribution in [-0.4, -0.2) is 15.9 Å². The van der Waals surface area contributed by atoms with Crippen LogP contribution in [0.25, 0.3) is 33.3 Å². The van der Waals surface area contributed by atoms with E-state index in [4.69, 9.17) is 0 Å². The van der Waals surface area contributed by atoms with Crippen LogP contribution in [0.5, 0.6) is 0 Å². The molecule has 1 amide bonds. The van der Waals surface area contributed by atoms with Crippen LogP contribution in [0.1, 0.15) is 12.5 Å². The van der Waals surface area contributed by atoms with Gasteiger partial charge < -0.3 is 10.3 Å². The highest BCUT2D eigenvalue weighted by Crippen LogP contribution is 2.33. The van der Waals surface area contributed by atoms with Gasteiger partial charge in [-0.25, -0.2) is 9.37 Å². The van der Waals surface area contributed by atoms with Crippen molar-refractivity contribution in [2.45, 2.75) is 13.8 Å². The average Bonchev–Trinajstić information content (AvgIpc) is 3.07. The first-order valence-corrected chi connectivity index (χ1v) is 8.63. The molecule has 0 radical (unpaired) electrons. The molecule has 2 N–H and O–H groups in total. The highest BCUT2D eigenvalue weighted by molar-refractivity contribution is 5.96. The lowest BCUT2D eigenvalue weighted by Gasteiger charge is -2.07. The molecule has 27 heavy (non-hydrogen) atoms. The predicted octanol–water partition coefficient (Wildman–Crippen LogP) is 5.30. The van der Waals surface area contributed by atoms with E-state index in [9.17, 15) is 9.18 Å². The third-order valence-corrected chi connectivity index (χ3v) is 4.53. The minimum atomic E-state index is -0.226. The van der Waals surface area contributed by atoms with Crippen LogP contribution in [0.3, 0.4) is 0 Å². The number of anilines is 1. The van der Waals surface area contributed by atoms with Gasteiger partial charge in [0.2, 0.25) is 5.91 Å². The maximum Gasteiger partial charge on any atom is 0.221 e. The van der Waals surface area contributed by atoms with Crippen molar-refractivity contribution in [1.82, 2.24) is 9.97 Å². The van der Waals surface area contributed by atoms with Gasteiger partial charge in [-0.15, -0.1) is 0 Å². The van der Waals surface area contributed by atoms with Crippen molar-refractivity contribution in [2.75, 3.05) is 5.32 Å². The normalized spacial score (nSPS) is 10.9. The largest absolute Gasteiger partial charge is 0.346 e. The standard InChI is InChI=1S/C22H18FN3O/c1-13-5-3-8-18(21(13)23)20-12-25-22-19(20)10-16(11-24-22)15-6-4-7-17(9-15)26-14(2)27/h3-12H,1-2H3,(H,24,25)(H,26,27). The number of H-pyrrole nitrogens is 1. The molecule has 0 aliphatic carbocycles. The van der Waals surface area contributed by atoms with Crippen LogP contribution in [-0.2, 0) is 4.79 Å². The number of carbonyl (C=O) groups is 1. The number of carbonyl (C=O) groups excluding carboxylic acids is 1. The highest BCUT2D eigenvalue weighted by Gasteiger charge is 2.13. The van der Waals surface area contributed by atoms with E-state index >= 15 is 0 Å². The van der Waals surface area contributed by atoms with Crippen molar-refractivity contribution in [1.29, 1.82) is 0 Å². The van der Waals surface area contributed by atoms with E-state index in [-0.39, 0.29) is 11.7 Å². The van der Waals surface area contributed by atoms with E-state index in [1.807, 2.05) is 36.4 Å². The molecule has 2 aromatic heterocycles. The molecule has 0 saturated carbocycles. The van der Waals surface area contributed by atoms with Crippen LogP contribution in [0.15, 0.2) is 60.9 Å². The molecule has 0 saturated heterocycles. The SMILES string of the molecule is CC(=O)Nc1cccc(-c2cnc3[nH]cc(-c4cccc(C)c4F)c3c2)c1. The van der Waals surface area contributed by atoms with Gasteiger partial charge in [0.15, 0.2) is 0 Å². The summed E-state index contributed by atoms with van der Waals surface area (Å²) in [7, 11) is 0. The number of pyridine rings is 1. The first-order valence-electron chi connectivity index (χ1n) is 8.63. The summed E-state index contributed by atoms with van der Waals surface area (Å²) >= 11 is 0. The average molecular weight is 359 g/mol. The monoisotopic (exact) mass is 359 g/mol. The van der Waals surface area contributed by atoms with Crippen LogP contribution < -0.4 is 5.32 Å². The van der Waals surface area contributed by atoms with Gasteiger partial charge in [0.05, 0.1) is 0 Å². The third-order valence-electron chi connectivity index (χ3n) is 4.53. The molecule has 0 fully saturated rings. The van der Waals surface area contributed by atoms with Gasteiger partial charge in [-0.2, -0.15) is 0 Å². The summed E-state index contributed by atoms with van der Waals surface area (Å²) in [6.07, 6.45) is 3.55. The topological polar surface area (TPSA) is 57.8 Å².